The highest BCUT2D eigenvalue weighted by Gasteiger charge is 2.20. The van der Waals surface area contributed by atoms with E-state index in [4.69, 9.17) is 4.74 Å². The topological polar surface area (TPSA) is 46.5 Å². The molecule has 118 valence electrons. The number of carbonyl (C=O) groups is 1. The van der Waals surface area contributed by atoms with Crippen LogP contribution in [-0.4, -0.2) is 17.7 Å². The number of ether oxygens (including phenoxy) is 1. The van der Waals surface area contributed by atoms with Gasteiger partial charge in [0.2, 0.25) is 0 Å². The summed E-state index contributed by atoms with van der Waals surface area (Å²) in [5.41, 5.74) is 0.584. The molecule has 0 saturated carbocycles. The Morgan fingerprint density at radius 1 is 1.10 bits per heavy atom. The molecule has 0 radical (unpaired) electrons. The van der Waals surface area contributed by atoms with E-state index in [1.807, 2.05) is 6.07 Å². The quantitative estimate of drug-likeness (QED) is 0.518. The van der Waals surface area contributed by atoms with Gasteiger partial charge in [-0.15, -0.1) is 0 Å². The molecule has 1 unspecified atom stereocenters. The minimum Gasteiger partial charge on any atom is -0.463 e. The number of esters is 1. The van der Waals surface area contributed by atoms with Crippen LogP contribution in [-0.2, 0) is 9.53 Å². The summed E-state index contributed by atoms with van der Waals surface area (Å²) in [6.07, 6.45) is 5.68. The van der Waals surface area contributed by atoms with Crippen molar-refractivity contribution in [3.8, 4) is 0 Å². The summed E-state index contributed by atoms with van der Waals surface area (Å²) in [7, 11) is 0. The predicted octanol–water partition coefficient (Wildman–Crippen LogP) is 4.26. The van der Waals surface area contributed by atoms with E-state index in [2.05, 4.69) is 13.8 Å². The maximum absolute atomic E-state index is 11.9. The fraction of sp³-hybridized carbons (Fsp3) is 0.611. The smallest absolute Gasteiger partial charge is 0.339 e. The number of carbonyl (C=O) groups excluding carboxylic acids is 1. The first-order valence-electron chi connectivity index (χ1n) is 8.08. The second-order valence-electron chi connectivity index (χ2n) is 5.59. The van der Waals surface area contributed by atoms with Crippen LogP contribution in [0.5, 0.6) is 0 Å². The normalized spacial score (nSPS) is 13.7. The second kappa shape index (κ2) is 10.4. The molecular formula is C18H28O3. The minimum absolute atomic E-state index is 0.411. The van der Waals surface area contributed by atoms with Crippen LogP contribution in [0.2, 0.25) is 0 Å². The van der Waals surface area contributed by atoms with Gasteiger partial charge in [-0.1, -0.05) is 69.9 Å². The van der Waals surface area contributed by atoms with Crippen LogP contribution in [0.25, 0.3) is 0 Å². The second-order valence-corrected chi connectivity index (χ2v) is 5.59. The van der Waals surface area contributed by atoms with Crippen molar-refractivity contribution in [2.24, 2.45) is 5.92 Å². The Balaban J connectivity index is 2.41. The maximum Gasteiger partial charge on any atom is 0.339 e. The Labute approximate surface area is 128 Å². The zero-order valence-electron chi connectivity index (χ0n) is 13.3. The van der Waals surface area contributed by atoms with Crippen molar-refractivity contribution in [1.29, 1.82) is 0 Å². The lowest BCUT2D eigenvalue weighted by Crippen LogP contribution is -2.20. The van der Waals surface area contributed by atoms with Gasteiger partial charge < -0.3 is 9.84 Å². The Hall–Kier alpha value is -1.35. The minimum atomic E-state index is -1.18. The molecule has 21 heavy (non-hydrogen) atoms. The molecule has 0 saturated heterocycles. The first kappa shape index (κ1) is 17.7. The SMILES string of the molecule is CCCCCC(CCC)COC(=O)[C@H](O)c1ccccc1. The third-order valence-electron chi connectivity index (χ3n) is 3.71. The summed E-state index contributed by atoms with van der Waals surface area (Å²) in [6.45, 7) is 4.75. The first-order chi connectivity index (χ1) is 10.2. The van der Waals surface area contributed by atoms with Crippen molar-refractivity contribution in [3.63, 3.8) is 0 Å². The maximum atomic E-state index is 11.9. The van der Waals surface area contributed by atoms with Gasteiger partial charge in [-0.05, 0) is 24.3 Å². The highest BCUT2D eigenvalue weighted by atomic mass is 16.5. The van der Waals surface area contributed by atoms with E-state index in [0.717, 1.165) is 19.3 Å². The van der Waals surface area contributed by atoms with Gasteiger partial charge in [-0.2, -0.15) is 0 Å². The molecule has 0 aliphatic rings. The molecule has 0 aliphatic heterocycles. The molecule has 2 atom stereocenters. The monoisotopic (exact) mass is 292 g/mol. The molecule has 1 rings (SSSR count). The fourth-order valence-corrected chi connectivity index (χ4v) is 2.45. The average molecular weight is 292 g/mol. The third kappa shape index (κ3) is 6.76. The summed E-state index contributed by atoms with van der Waals surface area (Å²) in [5, 5.41) is 9.97. The van der Waals surface area contributed by atoms with Gasteiger partial charge in [-0.3, -0.25) is 0 Å². The third-order valence-corrected chi connectivity index (χ3v) is 3.71. The van der Waals surface area contributed by atoms with Crippen LogP contribution < -0.4 is 0 Å². The standard InChI is InChI=1S/C18H28O3/c1-3-5-7-11-15(10-4-2)14-21-18(20)17(19)16-12-8-6-9-13-16/h6,8-9,12-13,15,17,19H,3-5,7,10-11,14H2,1-2H3/t15?,17-/m1/s1. The highest BCUT2D eigenvalue weighted by Crippen LogP contribution is 2.19. The van der Waals surface area contributed by atoms with Crippen LogP contribution in [0.1, 0.15) is 64.0 Å². The number of benzene rings is 1. The fourth-order valence-electron chi connectivity index (χ4n) is 2.45. The molecule has 3 heteroatoms. The molecule has 3 nitrogen and oxygen atoms in total. The molecule has 0 bridgehead atoms. The molecule has 0 aromatic heterocycles. The van der Waals surface area contributed by atoms with Crippen LogP contribution in [0.3, 0.4) is 0 Å². The number of rotatable bonds is 10. The van der Waals surface area contributed by atoms with Gasteiger partial charge >= 0.3 is 5.97 Å². The summed E-state index contributed by atoms with van der Waals surface area (Å²) in [6, 6.07) is 8.92. The molecule has 1 N–H and O–H groups in total. The number of unbranched alkanes of at least 4 members (excludes halogenated alkanes) is 2. The summed E-state index contributed by atoms with van der Waals surface area (Å²) >= 11 is 0. The van der Waals surface area contributed by atoms with Gasteiger partial charge in [0.05, 0.1) is 6.61 Å². The lowest BCUT2D eigenvalue weighted by atomic mass is 9.97. The zero-order chi connectivity index (χ0) is 15.5. The molecule has 0 aliphatic carbocycles. The van der Waals surface area contributed by atoms with Gasteiger partial charge in [0.25, 0.3) is 0 Å². The van der Waals surface area contributed by atoms with Gasteiger partial charge in [-0.25, -0.2) is 4.79 Å². The summed E-state index contributed by atoms with van der Waals surface area (Å²) in [5.74, 6) is -0.133. The van der Waals surface area contributed by atoms with Crippen molar-refractivity contribution >= 4 is 5.97 Å². The average Bonchev–Trinajstić information content (AvgIpc) is 2.52. The van der Waals surface area contributed by atoms with Crippen molar-refractivity contribution in [1.82, 2.24) is 0 Å². The van der Waals surface area contributed by atoms with Gasteiger partial charge in [0.15, 0.2) is 6.10 Å². The molecule has 0 heterocycles. The van der Waals surface area contributed by atoms with Crippen LogP contribution in [0.4, 0.5) is 0 Å². The Kier molecular flexibility index (Phi) is 8.76. The molecule has 1 aromatic rings. The number of aliphatic hydroxyl groups excluding tert-OH is 1. The van der Waals surface area contributed by atoms with E-state index in [-0.39, 0.29) is 0 Å². The predicted molar refractivity (Wildman–Crippen MR) is 84.9 cm³/mol. The number of hydrogen-bond acceptors (Lipinski definition) is 3. The van der Waals surface area contributed by atoms with Crippen LogP contribution in [0, 0.1) is 5.92 Å². The van der Waals surface area contributed by atoms with Crippen LogP contribution >= 0.6 is 0 Å². The van der Waals surface area contributed by atoms with Crippen LogP contribution in [0.15, 0.2) is 30.3 Å². The largest absolute Gasteiger partial charge is 0.463 e. The highest BCUT2D eigenvalue weighted by molar-refractivity contribution is 5.76. The van der Waals surface area contributed by atoms with Crippen molar-refractivity contribution < 1.29 is 14.6 Å². The number of aliphatic hydroxyl groups is 1. The molecule has 1 aromatic carbocycles. The number of hydrogen-bond donors (Lipinski definition) is 1. The van der Waals surface area contributed by atoms with E-state index < -0.39 is 12.1 Å². The van der Waals surface area contributed by atoms with Gasteiger partial charge in [0, 0.05) is 0 Å². The van der Waals surface area contributed by atoms with E-state index in [9.17, 15) is 9.90 Å². The first-order valence-corrected chi connectivity index (χ1v) is 8.08. The Morgan fingerprint density at radius 3 is 2.43 bits per heavy atom. The molecule has 0 spiro atoms. The summed E-state index contributed by atoms with van der Waals surface area (Å²) < 4.78 is 5.31. The molecular weight excluding hydrogens is 264 g/mol. The Morgan fingerprint density at radius 2 is 1.81 bits per heavy atom. The Bertz CT molecular complexity index is 389. The van der Waals surface area contributed by atoms with E-state index >= 15 is 0 Å². The summed E-state index contributed by atoms with van der Waals surface area (Å²) in [4.78, 5) is 11.9. The van der Waals surface area contributed by atoms with E-state index in [1.54, 1.807) is 24.3 Å². The van der Waals surface area contributed by atoms with E-state index in [1.165, 1.54) is 19.3 Å². The lowest BCUT2D eigenvalue weighted by Gasteiger charge is -2.17. The van der Waals surface area contributed by atoms with Crippen molar-refractivity contribution in [3.05, 3.63) is 35.9 Å². The lowest BCUT2D eigenvalue weighted by molar-refractivity contribution is -0.155. The van der Waals surface area contributed by atoms with Crippen molar-refractivity contribution in [2.75, 3.05) is 6.61 Å². The van der Waals surface area contributed by atoms with Gasteiger partial charge in [0.1, 0.15) is 0 Å². The zero-order valence-corrected chi connectivity index (χ0v) is 13.3. The van der Waals surface area contributed by atoms with Crippen molar-refractivity contribution in [2.45, 2.75) is 58.5 Å². The van der Waals surface area contributed by atoms with E-state index in [0.29, 0.717) is 18.1 Å². The molecule has 0 fully saturated rings. The molecule has 0 amide bonds.